The van der Waals surface area contributed by atoms with Gasteiger partial charge in [0.25, 0.3) is 0 Å². The Bertz CT molecular complexity index is 319. The first-order valence-electron chi connectivity index (χ1n) is 3.80. The lowest BCUT2D eigenvalue weighted by atomic mass is 9.95. The van der Waals surface area contributed by atoms with Crippen LogP contribution in [0.15, 0.2) is 42.5 Å². The molecule has 0 heterocycles. The zero-order chi connectivity index (χ0) is 7.68. The van der Waals surface area contributed by atoms with Crippen molar-refractivity contribution in [1.29, 1.82) is 0 Å². The van der Waals surface area contributed by atoms with E-state index in [1.807, 2.05) is 0 Å². The quantitative estimate of drug-likeness (QED) is 0.522. The molecular formula is C11H10. The van der Waals surface area contributed by atoms with Gasteiger partial charge >= 0.3 is 0 Å². The standard InChI is InChI=1S/C11H10/c1-9-6-7-10-4-2-3-5-11(10)8-9/h2-7H,1,8H2. The lowest BCUT2D eigenvalue weighted by Gasteiger charge is -2.10. The summed E-state index contributed by atoms with van der Waals surface area (Å²) in [6.45, 7) is 3.93. The molecule has 1 aromatic rings. The minimum Gasteiger partial charge on any atom is -0.0955 e. The number of allylic oxidation sites excluding steroid dienone is 2. The molecule has 2 rings (SSSR count). The fourth-order valence-corrected chi connectivity index (χ4v) is 1.37. The van der Waals surface area contributed by atoms with Crippen molar-refractivity contribution in [1.82, 2.24) is 0 Å². The summed E-state index contributed by atoms with van der Waals surface area (Å²) < 4.78 is 0. The molecule has 0 saturated carbocycles. The molecule has 0 unspecified atom stereocenters. The smallest absolute Gasteiger partial charge is 0.00257 e. The highest BCUT2D eigenvalue weighted by Crippen LogP contribution is 2.20. The normalized spacial score (nSPS) is 14.7. The molecule has 0 aliphatic heterocycles. The molecular weight excluding hydrogens is 132 g/mol. The third kappa shape index (κ3) is 1.12. The van der Waals surface area contributed by atoms with E-state index in [0.29, 0.717) is 0 Å². The average molecular weight is 142 g/mol. The van der Waals surface area contributed by atoms with Gasteiger partial charge in [0.1, 0.15) is 0 Å². The number of hydrogen-bond donors (Lipinski definition) is 0. The molecule has 0 aromatic heterocycles. The van der Waals surface area contributed by atoms with Gasteiger partial charge in [-0.25, -0.2) is 0 Å². The van der Waals surface area contributed by atoms with Gasteiger partial charge in [-0.05, 0) is 17.5 Å². The van der Waals surface area contributed by atoms with Gasteiger partial charge in [0, 0.05) is 0 Å². The summed E-state index contributed by atoms with van der Waals surface area (Å²) in [5, 5.41) is 0. The van der Waals surface area contributed by atoms with Gasteiger partial charge in [-0.15, -0.1) is 0 Å². The van der Waals surface area contributed by atoms with Crippen LogP contribution < -0.4 is 0 Å². The number of hydrogen-bond acceptors (Lipinski definition) is 0. The van der Waals surface area contributed by atoms with Crippen molar-refractivity contribution in [2.45, 2.75) is 6.42 Å². The largest absolute Gasteiger partial charge is 0.0955 e. The third-order valence-corrected chi connectivity index (χ3v) is 1.97. The fourth-order valence-electron chi connectivity index (χ4n) is 1.37. The van der Waals surface area contributed by atoms with E-state index >= 15 is 0 Å². The highest BCUT2D eigenvalue weighted by Gasteiger charge is 2.03. The van der Waals surface area contributed by atoms with Gasteiger partial charge in [0.15, 0.2) is 0 Å². The Morgan fingerprint density at radius 2 is 1.91 bits per heavy atom. The zero-order valence-electron chi connectivity index (χ0n) is 6.38. The second kappa shape index (κ2) is 2.39. The Kier molecular flexibility index (Phi) is 1.39. The molecule has 0 N–H and O–H groups in total. The van der Waals surface area contributed by atoms with Gasteiger partial charge in [-0.2, -0.15) is 0 Å². The monoisotopic (exact) mass is 142 g/mol. The molecule has 0 fully saturated rings. The van der Waals surface area contributed by atoms with Crippen LogP contribution in [0.1, 0.15) is 11.1 Å². The van der Waals surface area contributed by atoms with Crippen molar-refractivity contribution in [3.63, 3.8) is 0 Å². The minimum absolute atomic E-state index is 1.01. The van der Waals surface area contributed by atoms with Crippen molar-refractivity contribution >= 4 is 6.08 Å². The van der Waals surface area contributed by atoms with E-state index in [-0.39, 0.29) is 0 Å². The maximum atomic E-state index is 3.93. The Balaban J connectivity index is 2.54. The van der Waals surface area contributed by atoms with Crippen LogP contribution in [-0.2, 0) is 6.42 Å². The zero-order valence-corrected chi connectivity index (χ0v) is 6.38. The molecule has 11 heavy (non-hydrogen) atoms. The second-order valence-corrected chi connectivity index (χ2v) is 2.87. The van der Waals surface area contributed by atoms with Crippen LogP contribution in [-0.4, -0.2) is 0 Å². The van der Waals surface area contributed by atoms with E-state index in [1.165, 1.54) is 16.7 Å². The van der Waals surface area contributed by atoms with Crippen LogP contribution in [0.25, 0.3) is 6.08 Å². The molecule has 54 valence electrons. The van der Waals surface area contributed by atoms with E-state index in [2.05, 4.69) is 43.0 Å². The molecule has 0 spiro atoms. The first kappa shape index (κ1) is 6.41. The molecule has 0 nitrogen and oxygen atoms in total. The Hall–Kier alpha value is -1.30. The summed E-state index contributed by atoms with van der Waals surface area (Å²) in [4.78, 5) is 0. The van der Waals surface area contributed by atoms with Crippen LogP contribution in [0.2, 0.25) is 0 Å². The van der Waals surface area contributed by atoms with Gasteiger partial charge in [0.2, 0.25) is 0 Å². The van der Waals surface area contributed by atoms with Crippen molar-refractivity contribution in [2.24, 2.45) is 0 Å². The first-order chi connectivity index (χ1) is 5.36. The van der Waals surface area contributed by atoms with E-state index in [4.69, 9.17) is 0 Å². The predicted octanol–water partition coefficient (Wildman–Crippen LogP) is 2.81. The molecule has 0 amide bonds. The van der Waals surface area contributed by atoms with E-state index in [1.54, 1.807) is 0 Å². The van der Waals surface area contributed by atoms with E-state index < -0.39 is 0 Å². The molecule has 0 bridgehead atoms. The Morgan fingerprint density at radius 3 is 2.82 bits per heavy atom. The van der Waals surface area contributed by atoms with Crippen LogP contribution in [0.5, 0.6) is 0 Å². The van der Waals surface area contributed by atoms with Crippen LogP contribution >= 0.6 is 0 Å². The summed E-state index contributed by atoms with van der Waals surface area (Å²) in [6.07, 6.45) is 5.22. The van der Waals surface area contributed by atoms with Gasteiger partial charge < -0.3 is 0 Å². The lowest BCUT2D eigenvalue weighted by Crippen LogP contribution is -1.94. The summed E-state index contributed by atoms with van der Waals surface area (Å²) in [6, 6.07) is 8.44. The summed E-state index contributed by atoms with van der Waals surface area (Å²) >= 11 is 0. The average Bonchev–Trinajstić information content (AvgIpc) is 2.04. The van der Waals surface area contributed by atoms with Crippen molar-refractivity contribution < 1.29 is 0 Å². The number of fused-ring (bicyclic) bond motifs is 1. The second-order valence-electron chi connectivity index (χ2n) is 2.87. The number of rotatable bonds is 0. The number of benzene rings is 1. The topological polar surface area (TPSA) is 0 Å². The van der Waals surface area contributed by atoms with Gasteiger partial charge in [-0.1, -0.05) is 48.6 Å². The van der Waals surface area contributed by atoms with E-state index in [0.717, 1.165) is 6.42 Å². The molecule has 1 aliphatic rings. The third-order valence-electron chi connectivity index (χ3n) is 1.97. The molecule has 0 radical (unpaired) electrons. The van der Waals surface area contributed by atoms with Gasteiger partial charge in [-0.3, -0.25) is 0 Å². The molecule has 0 atom stereocenters. The molecule has 1 aliphatic carbocycles. The van der Waals surface area contributed by atoms with Crippen molar-refractivity contribution in [3.05, 3.63) is 53.6 Å². The van der Waals surface area contributed by atoms with Crippen LogP contribution in [0, 0.1) is 0 Å². The summed E-state index contributed by atoms with van der Waals surface area (Å²) in [5.74, 6) is 0. The molecule has 0 saturated heterocycles. The maximum Gasteiger partial charge on any atom is -0.00257 e. The summed E-state index contributed by atoms with van der Waals surface area (Å²) in [5.41, 5.74) is 3.92. The Morgan fingerprint density at radius 1 is 1.09 bits per heavy atom. The molecule has 1 aromatic carbocycles. The highest BCUT2D eigenvalue weighted by atomic mass is 14.1. The van der Waals surface area contributed by atoms with Gasteiger partial charge in [0.05, 0.1) is 0 Å². The predicted molar refractivity (Wildman–Crippen MR) is 48.3 cm³/mol. The molecule has 0 heteroatoms. The SMILES string of the molecule is C=C1C=Cc2ccccc2C1. The Labute approximate surface area is 66.9 Å². The van der Waals surface area contributed by atoms with E-state index in [9.17, 15) is 0 Å². The lowest BCUT2D eigenvalue weighted by molar-refractivity contribution is 1.18. The fraction of sp³-hybridized carbons (Fsp3) is 0.0909. The minimum atomic E-state index is 1.01. The maximum absolute atomic E-state index is 3.93. The van der Waals surface area contributed by atoms with Crippen molar-refractivity contribution in [3.8, 4) is 0 Å². The van der Waals surface area contributed by atoms with Crippen LogP contribution in [0.4, 0.5) is 0 Å². The summed E-state index contributed by atoms with van der Waals surface area (Å²) in [7, 11) is 0. The highest BCUT2D eigenvalue weighted by molar-refractivity contribution is 5.61. The van der Waals surface area contributed by atoms with Crippen LogP contribution in [0.3, 0.4) is 0 Å². The van der Waals surface area contributed by atoms with Crippen molar-refractivity contribution in [2.75, 3.05) is 0 Å². The first-order valence-corrected chi connectivity index (χ1v) is 3.80.